The van der Waals surface area contributed by atoms with Gasteiger partial charge in [-0.1, -0.05) is 39.0 Å². The molecular formula is C18H28N2O4. The van der Waals surface area contributed by atoms with Crippen LogP contribution in [0.4, 0.5) is 0 Å². The van der Waals surface area contributed by atoms with Crippen molar-refractivity contribution in [1.82, 2.24) is 5.43 Å². The Morgan fingerprint density at radius 1 is 1.12 bits per heavy atom. The lowest BCUT2D eigenvalue weighted by Crippen LogP contribution is -2.16. The SMILES string of the molecule is CCCCCCCCC(=O)NN=Cc1cc(OC)c(O)c(OC)c1. The predicted octanol–water partition coefficient (Wildman–Crippen LogP) is 3.61. The summed E-state index contributed by atoms with van der Waals surface area (Å²) in [5.41, 5.74) is 3.16. The van der Waals surface area contributed by atoms with Gasteiger partial charge in [0.25, 0.3) is 0 Å². The number of unbranched alkanes of at least 4 members (excludes halogenated alkanes) is 5. The molecule has 1 aromatic carbocycles. The first kappa shape index (κ1) is 19.8. The number of phenolic OH excluding ortho intramolecular Hbond substituents is 1. The molecular weight excluding hydrogens is 308 g/mol. The average molecular weight is 336 g/mol. The molecule has 6 nitrogen and oxygen atoms in total. The van der Waals surface area contributed by atoms with Gasteiger partial charge < -0.3 is 14.6 Å². The maximum Gasteiger partial charge on any atom is 0.240 e. The Hall–Kier alpha value is -2.24. The second-order valence-electron chi connectivity index (χ2n) is 5.58. The molecule has 0 aliphatic heterocycles. The molecule has 24 heavy (non-hydrogen) atoms. The molecule has 6 heteroatoms. The number of carbonyl (C=O) groups excluding carboxylic acids is 1. The lowest BCUT2D eigenvalue weighted by Gasteiger charge is -2.09. The van der Waals surface area contributed by atoms with Crippen molar-refractivity contribution in [1.29, 1.82) is 0 Å². The topological polar surface area (TPSA) is 80.2 Å². The summed E-state index contributed by atoms with van der Waals surface area (Å²) in [4.78, 5) is 11.7. The number of rotatable bonds is 11. The van der Waals surface area contributed by atoms with Crippen LogP contribution in [0.2, 0.25) is 0 Å². The van der Waals surface area contributed by atoms with Gasteiger partial charge in [0.2, 0.25) is 11.7 Å². The van der Waals surface area contributed by atoms with Gasteiger partial charge in [0.05, 0.1) is 20.4 Å². The smallest absolute Gasteiger partial charge is 0.240 e. The monoisotopic (exact) mass is 336 g/mol. The molecule has 0 aromatic heterocycles. The fourth-order valence-electron chi connectivity index (χ4n) is 2.29. The van der Waals surface area contributed by atoms with Crippen LogP contribution in [-0.2, 0) is 4.79 Å². The number of amides is 1. The molecule has 0 spiro atoms. The first-order valence-corrected chi connectivity index (χ1v) is 8.39. The molecule has 2 N–H and O–H groups in total. The van der Waals surface area contributed by atoms with E-state index in [4.69, 9.17) is 9.47 Å². The number of benzene rings is 1. The lowest BCUT2D eigenvalue weighted by molar-refractivity contribution is -0.121. The van der Waals surface area contributed by atoms with Crippen LogP contribution in [-0.4, -0.2) is 31.4 Å². The number of nitrogens with zero attached hydrogens (tertiary/aromatic N) is 1. The van der Waals surface area contributed by atoms with E-state index in [-0.39, 0.29) is 23.2 Å². The first-order chi connectivity index (χ1) is 11.6. The standard InChI is InChI=1S/C18H28N2O4/c1-4-5-6-7-8-9-10-17(21)20-19-13-14-11-15(23-2)18(22)16(12-14)24-3/h11-13,22H,4-10H2,1-3H3,(H,20,21). The van der Waals surface area contributed by atoms with Gasteiger partial charge in [-0.2, -0.15) is 5.10 Å². The summed E-state index contributed by atoms with van der Waals surface area (Å²) in [6.07, 6.45) is 8.82. The highest BCUT2D eigenvalue weighted by Gasteiger charge is 2.10. The Kier molecular flexibility index (Phi) is 9.34. The van der Waals surface area contributed by atoms with E-state index in [0.29, 0.717) is 12.0 Å². The van der Waals surface area contributed by atoms with Crippen LogP contribution < -0.4 is 14.9 Å². The van der Waals surface area contributed by atoms with E-state index in [0.717, 1.165) is 12.8 Å². The molecule has 0 fully saturated rings. The predicted molar refractivity (Wildman–Crippen MR) is 94.9 cm³/mol. The van der Waals surface area contributed by atoms with Crippen molar-refractivity contribution in [2.24, 2.45) is 5.10 Å². The van der Waals surface area contributed by atoms with Gasteiger partial charge >= 0.3 is 0 Å². The third-order valence-electron chi connectivity index (χ3n) is 3.66. The van der Waals surface area contributed by atoms with E-state index in [1.165, 1.54) is 46.1 Å². The number of methoxy groups -OCH3 is 2. The molecule has 0 aliphatic rings. The summed E-state index contributed by atoms with van der Waals surface area (Å²) in [5.74, 6) is 0.409. The minimum Gasteiger partial charge on any atom is -0.502 e. The number of hydrogen-bond donors (Lipinski definition) is 2. The summed E-state index contributed by atoms with van der Waals surface area (Å²) in [7, 11) is 2.91. The summed E-state index contributed by atoms with van der Waals surface area (Å²) in [5, 5.41) is 13.8. The number of phenols is 1. The molecule has 0 aliphatic carbocycles. The highest BCUT2D eigenvalue weighted by molar-refractivity contribution is 5.84. The number of carbonyl (C=O) groups is 1. The van der Waals surface area contributed by atoms with Crippen molar-refractivity contribution in [3.8, 4) is 17.2 Å². The van der Waals surface area contributed by atoms with Gasteiger partial charge in [-0.05, 0) is 18.6 Å². The maximum atomic E-state index is 11.7. The van der Waals surface area contributed by atoms with E-state index in [9.17, 15) is 9.90 Å². The quantitative estimate of drug-likeness (QED) is 0.367. The van der Waals surface area contributed by atoms with E-state index < -0.39 is 0 Å². The summed E-state index contributed by atoms with van der Waals surface area (Å²) in [6, 6.07) is 3.22. The van der Waals surface area contributed by atoms with Crippen molar-refractivity contribution in [3.63, 3.8) is 0 Å². The number of aromatic hydroxyl groups is 1. The van der Waals surface area contributed by atoms with Crippen LogP contribution in [0.1, 0.15) is 57.4 Å². The minimum atomic E-state index is -0.0977. The van der Waals surface area contributed by atoms with Crippen LogP contribution >= 0.6 is 0 Å². The fourth-order valence-corrected chi connectivity index (χ4v) is 2.29. The van der Waals surface area contributed by atoms with Crippen LogP contribution in [0.15, 0.2) is 17.2 Å². The zero-order valence-electron chi connectivity index (χ0n) is 14.8. The van der Waals surface area contributed by atoms with Gasteiger partial charge in [0.1, 0.15) is 0 Å². The molecule has 1 amide bonds. The number of hydrazone groups is 1. The number of hydrogen-bond acceptors (Lipinski definition) is 5. The zero-order valence-corrected chi connectivity index (χ0v) is 14.8. The van der Waals surface area contributed by atoms with Gasteiger partial charge in [0, 0.05) is 12.0 Å². The van der Waals surface area contributed by atoms with E-state index in [2.05, 4.69) is 17.5 Å². The maximum absolute atomic E-state index is 11.7. The minimum absolute atomic E-state index is 0.0655. The van der Waals surface area contributed by atoms with Crippen molar-refractivity contribution >= 4 is 12.1 Å². The molecule has 0 saturated heterocycles. The molecule has 1 aromatic rings. The second kappa shape index (κ2) is 11.3. The molecule has 0 bridgehead atoms. The van der Waals surface area contributed by atoms with E-state index >= 15 is 0 Å². The highest BCUT2D eigenvalue weighted by atomic mass is 16.5. The van der Waals surface area contributed by atoms with Crippen LogP contribution in [0, 0.1) is 0 Å². The molecule has 1 rings (SSSR count). The Morgan fingerprint density at radius 3 is 2.29 bits per heavy atom. The molecule has 0 heterocycles. The van der Waals surface area contributed by atoms with Crippen molar-refractivity contribution < 1.29 is 19.4 Å². The summed E-state index contributed by atoms with van der Waals surface area (Å²) < 4.78 is 10.1. The normalized spacial score (nSPS) is 10.8. The molecule has 134 valence electrons. The number of nitrogens with one attached hydrogen (secondary N) is 1. The van der Waals surface area contributed by atoms with Crippen molar-refractivity contribution in [2.75, 3.05) is 14.2 Å². The van der Waals surface area contributed by atoms with Crippen LogP contribution in [0.5, 0.6) is 17.2 Å². The van der Waals surface area contributed by atoms with Gasteiger partial charge in [-0.25, -0.2) is 5.43 Å². The highest BCUT2D eigenvalue weighted by Crippen LogP contribution is 2.36. The first-order valence-electron chi connectivity index (χ1n) is 8.39. The Labute approximate surface area is 143 Å². The van der Waals surface area contributed by atoms with Crippen LogP contribution in [0.3, 0.4) is 0 Å². The Balaban J connectivity index is 2.42. The third kappa shape index (κ3) is 6.89. The molecule has 0 atom stereocenters. The molecule has 0 saturated carbocycles. The van der Waals surface area contributed by atoms with Gasteiger partial charge in [0.15, 0.2) is 11.5 Å². The summed E-state index contributed by atoms with van der Waals surface area (Å²) >= 11 is 0. The van der Waals surface area contributed by atoms with Crippen molar-refractivity contribution in [3.05, 3.63) is 17.7 Å². The largest absolute Gasteiger partial charge is 0.502 e. The molecule has 0 unspecified atom stereocenters. The Morgan fingerprint density at radius 2 is 1.71 bits per heavy atom. The third-order valence-corrected chi connectivity index (χ3v) is 3.66. The van der Waals surface area contributed by atoms with Gasteiger partial charge in [-0.3, -0.25) is 4.79 Å². The average Bonchev–Trinajstić information content (AvgIpc) is 2.59. The fraction of sp³-hybridized carbons (Fsp3) is 0.556. The Bertz CT molecular complexity index is 519. The van der Waals surface area contributed by atoms with Crippen LogP contribution in [0.25, 0.3) is 0 Å². The van der Waals surface area contributed by atoms with E-state index in [1.54, 1.807) is 12.1 Å². The summed E-state index contributed by atoms with van der Waals surface area (Å²) in [6.45, 7) is 2.19. The number of ether oxygens (including phenoxy) is 2. The zero-order chi connectivity index (χ0) is 17.8. The van der Waals surface area contributed by atoms with E-state index in [1.807, 2.05) is 0 Å². The van der Waals surface area contributed by atoms with Gasteiger partial charge in [-0.15, -0.1) is 0 Å². The second-order valence-corrected chi connectivity index (χ2v) is 5.58. The van der Waals surface area contributed by atoms with Crippen molar-refractivity contribution in [2.45, 2.75) is 51.9 Å². The lowest BCUT2D eigenvalue weighted by atomic mass is 10.1. The molecule has 0 radical (unpaired) electrons.